The first kappa shape index (κ1) is 16.0. The number of anilines is 1. The minimum Gasteiger partial charge on any atom is -0.481 e. The molecule has 1 aromatic heterocycles. The number of aromatic amines is 1. The monoisotopic (exact) mass is 355 g/mol. The standard InChI is InChI=1S/C19H18ClN3O2/c20-15-6-5-13(23-9-7-12(8-10-23)19(24)25)11-14(15)18-21-16-3-1-2-4-17(16)22-18/h1-6,11-12H,7-10H2,(H,21,22)(H,24,25). The molecule has 0 spiro atoms. The van der Waals surface area contributed by atoms with E-state index in [2.05, 4.69) is 14.9 Å². The second-order valence-electron chi connectivity index (χ2n) is 6.37. The minimum atomic E-state index is -0.696. The van der Waals surface area contributed by atoms with E-state index in [1.807, 2.05) is 42.5 Å². The molecule has 3 aromatic rings. The number of aromatic nitrogens is 2. The second kappa shape index (κ2) is 6.41. The molecule has 128 valence electrons. The Morgan fingerprint density at radius 1 is 1.20 bits per heavy atom. The topological polar surface area (TPSA) is 69.2 Å². The molecule has 0 amide bonds. The number of hydrogen-bond acceptors (Lipinski definition) is 3. The molecule has 2 heterocycles. The van der Waals surface area contributed by atoms with Gasteiger partial charge in [-0.25, -0.2) is 4.98 Å². The lowest BCUT2D eigenvalue weighted by molar-refractivity contribution is -0.142. The van der Waals surface area contributed by atoms with Crippen LogP contribution in [0.3, 0.4) is 0 Å². The van der Waals surface area contributed by atoms with E-state index in [9.17, 15) is 4.79 Å². The zero-order valence-electron chi connectivity index (χ0n) is 13.6. The van der Waals surface area contributed by atoms with Crippen LogP contribution in [0, 0.1) is 5.92 Å². The van der Waals surface area contributed by atoms with E-state index in [0.717, 1.165) is 41.2 Å². The van der Waals surface area contributed by atoms with Crippen LogP contribution in [-0.4, -0.2) is 34.1 Å². The summed E-state index contributed by atoms with van der Waals surface area (Å²) in [5, 5.41) is 9.79. The zero-order chi connectivity index (χ0) is 17.4. The highest BCUT2D eigenvalue weighted by atomic mass is 35.5. The molecule has 1 aliphatic rings. The number of benzene rings is 2. The van der Waals surface area contributed by atoms with Crippen molar-refractivity contribution in [3.63, 3.8) is 0 Å². The van der Waals surface area contributed by atoms with Crippen LogP contribution < -0.4 is 4.90 Å². The van der Waals surface area contributed by atoms with Gasteiger partial charge in [-0.15, -0.1) is 0 Å². The molecule has 0 saturated carbocycles. The van der Waals surface area contributed by atoms with Crippen LogP contribution in [0.5, 0.6) is 0 Å². The maximum atomic E-state index is 11.1. The summed E-state index contributed by atoms with van der Waals surface area (Å²) in [5.74, 6) is -0.189. The molecular formula is C19H18ClN3O2. The Labute approximate surface area is 150 Å². The normalized spacial score (nSPS) is 15.6. The number of carboxylic acid groups (broad SMARTS) is 1. The number of fused-ring (bicyclic) bond motifs is 1. The third kappa shape index (κ3) is 3.07. The van der Waals surface area contributed by atoms with Crippen LogP contribution in [0.4, 0.5) is 5.69 Å². The van der Waals surface area contributed by atoms with E-state index in [-0.39, 0.29) is 5.92 Å². The van der Waals surface area contributed by atoms with Crippen molar-refractivity contribution >= 4 is 34.3 Å². The van der Waals surface area contributed by atoms with Gasteiger partial charge >= 0.3 is 5.97 Å². The van der Waals surface area contributed by atoms with Crippen LogP contribution in [0.15, 0.2) is 42.5 Å². The van der Waals surface area contributed by atoms with Gasteiger partial charge < -0.3 is 15.0 Å². The lowest BCUT2D eigenvalue weighted by Gasteiger charge is -2.32. The maximum absolute atomic E-state index is 11.1. The third-order valence-electron chi connectivity index (χ3n) is 4.80. The van der Waals surface area contributed by atoms with E-state index in [0.29, 0.717) is 17.9 Å². The number of nitrogens with zero attached hydrogens (tertiary/aromatic N) is 2. The van der Waals surface area contributed by atoms with Gasteiger partial charge in [-0.2, -0.15) is 0 Å². The summed E-state index contributed by atoms with van der Waals surface area (Å²) >= 11 is 6.41. The molecule has 0 atom stereocenters. The largest absolute Gasteiger partial charge is 0.481 e. The highest BCUT2D eigenvalue weighted by molar-refractivity contribution is 6.33. The van der Waals surface area contributed by atoms with Gasteiger partial charge in [-0.1, -0.05) is 23.7 Å². The summed E-state index contributed by atoms with van der Waals surface area (Å²) in [4.78, 5) is 21.3. The maximum Gasteiger partial charge on any atom is 0.306 e. The number of carbonyl (C=O) groups is 1. The van der Waals surface area contributed by atoms with Gasteiger partial charge in [-0.3, -0.25) is 4.79 Å². The number of halogens is 1. The van der Waals surface area contributed by atoms with E-state index < -0.39 is 5.97 Å². The molecule has 0 radical (unpaired) electrons. The van der Waals surface area contributed by atoms with Gasteiger partial charge in [0.25, 0.3) is 0 Å². The number of H-pyrrole nitrogens is 1. The predicted octanol–water partition coefficient (Wildman–Crippen LogP) is 4.18. The number of hydrogen-bond donors (Lipinski definition) is 2. The van der Waals surface area contributed by atoms with Crippen LogP contribution in [-0.2, 0) is 4.79 Å². The van der Waals surface area contributed by atoms with Crippen molar-refractivity contribution in [3.05, 3.63) is 47.5 Å². The van der Waals surface area contributed by atoms with Gasteiger partial charge in [0, 0.05) is 24.3 Å². The second-order valence-corrected chi connectivity index (χ2v) is 6.77. The fraction of sp³-hybridized carbons (Fsp3) is 0.263. The third-order valence-corrected chi connectivity index (χ3v) is 5.13. The Morgan fingerprint density at radius 2 is 1.96 bits per heavy atom. The molecule has 0 aliphatic carbocycles. The molecule has 1 fully saturated rings. The number of piperidine rings is 1. The van der Waals surface area contributed by atoms with Crippen LogP contribution in [0.25, 0.3) is 22.4 Å². The SMILES string of the molecule is O=C(O)C1CCN(c2ccc(Cl)c(-c3nc4ccccc4[nH]3)c2)CC1. The lowest BCUT2D eigenvalue weighted by atomic mass is 9.96. The molecule has 25 heavy (non-hydrogen) atoms. The van der Waals surface area contributed by atoms with Gasteiger partial charge in [-0.05, 0) is 43.2 Å². The van der Waals surface area contributed by atoms with Crippen LogP contribution >= 0.6 is 11.6 Å². The summed E-state index contributed by atoms with van der Waals surface area (Å²) < 4.78 is 0. The van der Waals surface area contributed by atoms with E-state index in [4.69, 9.17) is 16.7 Å². The van der Waals surface area contributed by atoms with E-state index in [1.165, 1.54) is 0 Å². The Bertz CT molecular complexity index is 896. The van der Waals surface area contributed by atoms with Crippen LogP contribution in [0.1, 0.15) is 12.8 Å². The van der Waals surface area contributed by atoms with E-state index >= 15 is 0 Å². The number of para-hydroxylation sites is 2. The summed E-state index contributed by atoms with van der Waals surface area (Å²) in [7, 11) is 0. The fourth-order valence-corrected chi connectivity index (χ4v) is 3.56. The van der Waals surface area contributed by atoms with Gasteiger partial charge in [0.1, 0.15) is 5.82 Å². The van der Waals surface area contributed by atoms with Crippen molar-refractivity contribution in [2.24, 2.45) is 5.92 Å². The molecule has 1 saturated heterocycles. The molecular weight excluding hydrogens is 338 g/mol. The van der Waals surface area contributed by atoms with Gasteiger partial charge in [0.05, 0.1) is 22.0 Å². The summed E-state index contributed by atoms with van der Waals surface area (Å²) in [5.41, 5.74) is 3.78. The van der Waals surface area contributed by atoms with Crippen molar-refractivity contribution < 1.29 is 9.90 Å². The quantitative estimate of drug-likeness (QED) is 0.739. The minimum absolute atomic E-state index is 0.238. The first-order valence-electron chi connectivity index (χ1n) is 8.34. The predicted molar refractivity (Wildman–Crippen MR) is 99.1 cm³/mol. The van der Waals surface area contributed by atoms with Crippen molar-refractivity contribution in [2.45, 2.75) is 12.8 Å². The Balaban J connectivity index is 1.64. The number of imidazole rings is 1. The molecule has 2 aromatic carbocycles. The molecule has 0 unspecified atom stereocenters. The number of carboxylic acids is 1. The summed E-state index contributed by atoms with van der Waals surface area (Å²) in [6.07, 6.45) is 1.33. The molecule has 0 bridgehead atoms. The summed E-state index contributed by atoms with van der Waals surface area (Å²) in [6, 6.07) is 13.8. The number of rotatable bonds is 3. The molecule has 4 rings (SSSR count). The van der Waals surface area contributed by atoms with Gasteiger partial charge in [0.2, 0.25) is 0 Å². The van der Waals surface area contributed by atoms with Crippen molar-refractivity contribution in [2.75, 3.05) is 18.0 Å². The van der Waals surface area contributed by atoms with Gasteiger partial charge in [0.15, 0.2) is 0 Å². The highest BCUT2D eigenvalue weighted by Gasteiger charge is 2.25. The fourth-order valence-electron chi connectivity index (χ4n) is 3.36. The van der Waals surface area contributed by atoms with Crippen molar-refractivity contribution in [1.82, 2.24) is 9.97 Å². The Kier molecular flexibility index (Phi) is 4.09. The van der Waals surface area contributed by atoms with Crippen molar-refractivity contribution in [1.29, 1.82) is 0 Å². The lowest BCUT2D eigenvalue weighted by Crippen LogP contribution is -2.36. The first-order valence-corrected chi connectivity index (χ1v) is 8.72. The summed E-state index contributed by atoms with van der Waals surface area (Å²) in [6.45, 7) is 1.47. The Hall–Kier alpha value is -2.53. The molecule has 1 aliphatic heterocycles. The number of nitrogens with one attached hydrogen (secondary N) is 1. The smallest absolute Gasteiger partial charge is 0.306 e. The molecule has 5 nitrogen and oxygen atoms in total. The average molecular weight is 356 g/mol. The molecule has 6 heteroatoms. The van der Waals surface area contributed by atoms with E-state index in [1.54, 1.807) is 0 Å². The number of aliphatic carboxylic acids is 1. The highest BCUT2D eigenvalue weighted by Crippen LogP contribution is 2.33. The Morgan fingerprint density at radius 3 is 2.68 bits per heavy atom. The first-order chi connectivity index (χ1) is 12.1. The van der Waals surface area contributed by atoms with Crippen molar-refractivity contribution in [3.8, 4) is 11.4 Å². The average Bonchev–Trinajstić information content (AvgIpc) is 3.06. The van der Waals surface area contributed by atoms with Crippen LogP contribution in [0.2, 0.25) is 5.02 Å². The molecule has 2 N–H and O–H groups in total. The zero-order valence-corrected chi connectivity index (χ0v) is 14.3.